The number of benzene rings is 1. The van der Waals surface area contributed by atoms with Gasteiger partial charge in [-0.1, -0.05) is 6.07 Å². The molecule has 0 saturated heterocycles. The minimum atomic E-state index is -3.94. The lowest BCUT2D eigenvalue weighted by Gasteiger charge is -2.09. The number of phenols is 1. The molecule has 22 heavy (non-hydrogen) atoms. The van der Waals surface area contributed by atoms with Crippen molar-refractivity contribution < 1.29 is 18.3 Å². The van der Waals surface area contributed by atoms with Crippen LogP contribution in [0.2, 0.25) is 0 Å². The van der Waals surface area contributed by atoms with Gasteiger partial charge in [0.2, 0.25) is 0 Å². The summed E-state index contributed by atoms with van der Waals surface area (Å²) in [6.45, 7) is 3.18. The van der Waals surface area contributed by atoms with Crippen LogP contribution in [0.3, 0.4) is 0 Å². The van der Waals surface area contributed by atoms with Gasteiger partial charge in [0.1, 0.15) is 10.6 Å². The SMILES string of the molecule is Cc1nn(C)c(C)c1S(=O)(=O)NNC(=O)c1cccc(O)c1. The molecule has 0 fully saturated rings. The van der Waals surface area contributed by atoms with Crippen molar-refractivity contribution in [2.75, 3.05) is 0 Å². The average molecular weight is 324 g/mol. The second-order valence-electron chi connectivity index (χ2n) is 4.73. The fourth-order valence-corrected chi connectivity index (χ4v) is 3.31. The quantitative estimate of drug-likeness (QED) is 0.703. The molecule has 0 saturated carbocycles. The van der Waals surface area contributed by atoms with Gasteiger partial charge in [0.05, 0.1) is 11.4 Å². The van der Waals surface area contributed by atoms with Crippen molar-refractivity contribution in [2.24, 2.45) is 7.05 Å². The third kappa shape index (κ3) is 3.10. The van der Waals surface area contributed by atoms with Crippen LogP contribution in [-0.4, -0.2) is 29.2 Å². The van der Waals surface area contributed by atoms with Crippen molar-refractivity contribution in [1.29, 1.82) is 0 Å². The van der Waals surface area contributed by atoms with E-state index in [2.05, 4.69) is 10.5 Å². The summed E-state index contributed by atoms with van der Waals surface area (Å²) in [5.74, 6) is -0.770. The molecule has 0 bridgehead atoms. The van der Waals surface area contributed by atoms with Crippen LogP contribution < -0.4 is 10.3 Å². The molecule has 0 aliphatic rings. The topological polar surface area (TPSA) is 113 Å². The molecule has 1 amide bonds. The predicted molar refractivity (Wildman–Crippen MR) is 78.6 cm³/mol. The Morgan fingerprint density at radius 2 is 2.00 bits per heavy atom. The molecular formula is C13H16N4O4S. The van der Waals surface area contributed by atoms with E-state index in [0.717, 1.165) is 0 Å². The maximum Gasteiger partial charge on any atom is 0.266 e. The first-order chi connectivity index (χ1) is 10.2. The Balaban J connectivity index is 2.18. The summed E-state index contributed by atoms with van der Waals surface area (Å²) in [6, 6.07) is 5.56. The van der Waals surface area contributed by atoms with Crippen molar-refractivity contribution in [3.8, 4) is 5.75 Å². The van der Waals surface area contributed by atoms with Crippen LogP contribution in [-0.2, 0) is 17.1 Å². The summed E-state index contributed by atoms with van der Waals surface area (Å²) in [6.07, 6.45) is 0. The molecule has 2 rings (SSSR count). The fourth-order valence-electron chi connectivity index (χ4n) is 2.03. The van der Waals surface area contributed by atoms with Crippen LogP contribution in [0.4, 0.5) is 0 Å². The van der Waals surface area contributed by atoms with Gasteiger partial charge in [-0.15, -0.1) is 4.83 Å². The van der Waals surface area contributed by atoms with Gasteiger partial charge in [0.25, 0.3) is 15.9 Å². The zero-order valence-corrected chi connectivity index (χ0v) is 13.1. The zero-order chi connectivity index (χ0) is 16.5. The molecule has 0 unspecified atom stereocenters. The van der Waals surface area contributed by atoms with E-state index in [1.54, 1.807) is 20.9 Å². The third-order valence-corrected chi connectivity index (χ3v) is 4.62. The summed E-state index contributed by atoms with van der Waals surface area (Å²) in [5, 5.41) is 13.3. The number of phenolic OH excluding ortho intramolecular Hbond substituents is 1. The number of aromatic nitrogens is 2. The van der Waals surface area contributed by atoms with Crippen LogP contribution >= 0.6 is 0 Å². The lowest BCUT2D eigenvalue weighted by Crippen LogP contribution is -2.41. The Bertz CT molecular complexity index is 827. The van der Waals surface area contributed by atoms with Crippen molar-refractivity contribution in [3.05, 3.63) is 41.2 Å². The Morgan fingerprint density at radius 1 is 1.32 bits per heavy atom. The van der Waals surface area contributed by atoms with Crippen molar-refractivity contribution >= 4 is 15.9 Å². The molecule has 0 aliphatic carbocycles. The number of nitrogens with one attached hydrogen (secondary N) is 2. The first-order valence-corrected chi connectivity index (χ1v) is 7.82. The minimum absolute atomic E-state index is 0.0196. The molecule has 3 N–H and O–H groups in total. The van der Waals surface area contributed by atoms with Gasteiger partial charge in [-0.3, -0.25) is 14.9 Å². The molecule has 1 aromatic heterocycles. The number of carbonyl (C=O) groups excluding carboxylic acids is 1. The van der Waals surface area contributed by atoms with Crippen LogP contribution in [0.5, 0.6) is 5.75 Å². The van der Waals surface area contributed by atoms with Crippen LogP contribution in [0.15, 0.2) is 29.2 Å². The first kappa shape index (κ1) is 16.0. The number of hydrogen-bond donors (Lipinski definition) is 3. The largest absolute Gasteiger partial charge is 0.508 e. The summed E-state index contributed by atoms with van der Waals surface area (Å²) < 4.78 is 26.0. The molecule has 0 aliphatic heterocycles. The molecule has 1 heterocycles. The van der Waals surface area contributed by atoms with Crippen molar-refractivity contribution in [3.63, 3.8) is 0 Å². The van der Waals surface area contributed by atoms with E-state index in [4.69, 9.17) is 0 Å². The standard InChI is InChI=1S/C13H16N4O4S/c1-8-12(9(2)17(3)15-8)22(20,21)16-14-13(19)10-5-4-6-11(18)7-10/h4-7,16,18H,1-3H3,(H,14,19). The molecule has 9 heteroatoms. The zero-order valence-electron chi connectivity index (χ0n) is 12.3. The van der Waals surface area contributed by atoms with Gasteiger partial charge in [-0.2, -0.15) is 5.10 Å². The van der Waals surface area contributed by atoms with Gasteiger partial charge in [-0.05, 0) is 32.0 Å². The van der Waals surface area contributed by atoms with E-state index in [1.807, 2.05) is 4.83 Å². The molecule has 118 valence electrons. The molecular weight excluding hydrogens is 308 g/mol. The smallest absolute Gasteiger partial charge is 0.266 e. The number of sulfonamides is 1. The summed E-state index contributed by atoms with van der Waals surface area (Å²) in [7, 11) is -2.31. The minimum Gasteiger partial charge on any atom is -0.508 e. The molecule has 0 radical (unpaired) electrons. The second kappa shape index (κ2) is 5.78. The third-order valence-electron chi connectivity index (χ3n) is 3.12. The normalized spacial score (nSPS) is 11.4. The monoisotopic (exact) mass is 324 g/mol. The number of amides is 1. The number of aromatic hydroxyl groups is 1. The highest BCUT2D eigenvalue weighted by Crippen LogP contribution is 2.17. The number of nitrogens with zero attached hydrogens (tertiary/aromatic N) is 2. The Hall–Kier alpha value is -2.39. The fraction of sp³-hybridized carbons (Fsp3) is 0.231. The van der Waals surface area contributed by atoms with Crippen LogP contribution in [0.1, 0.15) is 21.7 Å². The number of hydrazine groups is 1. The van der Waals surface area contributed by atoms with Crippen molar-refractivity contribution in [1.82, 2.24) is 20.0 Å². The van der Waals surface area contributed by atoms with E-state index < -0.39 is 15.9 Å². The number of rotatable bonds is 4. The van der Waals surface area contributed by atoms with Gasteiger partial charge in [-0.25, -0.2) is 8.42 Å². The second-order valence-corrected chi connectivity index (χ2v) is 6.35. The molecule has 8 nitrogen and oxygen atoms in total. The van der Waals surface area contributed by atoms with Gasteiger partial charge < -0.3 is 5.11 Å². The van der Waals surface area contributed by atoms with Gasteiger partial charge >= 0.3 is 0 Å². The van der Waals surface area contributed by atoms with E-state index in [-0.39, 0.29) is 16.2 Å². The maximum absolute atomic E-state index is 12.3. The van der Waals surface area contributed by atoms with Crippen LogP contribution in [0, 0.1) is 13.8 Å². The Labute approximate surface area is 127 Å². The maximum atomic E-state index is 12.3. The van der Waals surface area contributed by atoms with E-state index in [9.17, 15) is 18.3 Å². The number of hydrogen-bond acceptors (Lipinski definition) is 5. The van der Waals surface area contributed by atoms with Gasteiger partial charge in [0.15, 0.2) is 0 Å². The number of carbonyl (C=O) groups is 1. The predicted octanol–water partition coefficient (Wildman–Crippen LogP) is 0.366. The highest BCUT2D eigenvalue weighted by atomic mass is 32.2. The summed E-state index contributed by atoms with van der Waals surface area (Å²) in [4.78, 5) is 13.9. The highest BCUT2D eigenvalue weighted by molar-refractivity contribution is 7.89. The highest BCUT2D eigenvalue weighted by Gasteiger charge is 2.24. The van der Waals surface area contributed by atoms with Gasteiger partial charge in [0, 0.05) is 12.6 Å². The molecule has 2 aromatic rings. The Kier molecular flexibility index (Phi) is 4.20. The average Bonchev–Trinajstić information content (AvgIpc) is 2.70. The van der Waals surface area contributed by atoms with Crippen molar-refractivity contribution in [2.45, 2.75) is 18.7 Å². The summed E-state index contributed by atoms with van der Waals surface area (Å²) >= 11 is 0. The van der Waals surface area contributed by atoms with Crippen LogP contribution in [0.25, 0.3) is 0 Å². The van der Waals surface area contributed by atoms with E-state index >= 15 is 0 Å². The molecule has 0 atom stereocenters. The molecule has 1 aromatic carbocycles. The lowest BCUT2D eigenvalue weighted by molar-refractivity contribution is 0.0944. The first-order valence-electron chi connectivity index (χ1n) is 6.34. The van der Waals surface area contributed by atoms with E-state index in [0.29, 0.717) is 11.4 Å². The van der Waals surface area contributed by atoms with E-state index in [1.165, 1.54) is 28.9 Å². The Morgan fingerprint density at radius 3 is 2.55 bits per heavy atom. The number of aryl methyl sites for hydroxylation is 2. The molecule has 0 spiro atoms. The summed E-state index contributed by atoms with van der Waals surface area (Å²) in [5.41, 5.74) is 3.02. The lowest BCUT2D eigenvalue weighted by atomic mass is 10.2.